The van der Waals surface area contributed by atoms with Crippen molar-refractivity contribution in [3.63, 3.8) is 0 Å². The van der Waals surface area contributed by atoms with Gasteiger partial charge in [-0.2, -0.15) is 5.26 Å². The zero-order valence-corrected chi connectivity index (χ0v) is 6.88. The molecule has 0 aliphatic carbocycles. The predicted molar refractivity (Wildman–Crippen MR) is 36.6 cm³/mol. The second-order valence-corrected chi connectivity index (χ2v) is 2.30. The second-order valence-electron chi connectivity index (χ2n) is 2.30. The summed E-state index contributed by atoms with van der Waals surface area (Å²) in [4.78, 5) is 0. The van der Waals surface area contributed by atoms with Crippen LogP contribution in [0.5, 0.6) is 0 Å². The number of nitriles is 1. The molecule has 1 heterocycles. The number of ether oxygens (including phenoxy) is 1. The lowest BCUT2D eigenvalue weighted by atomic mass is 10.2. The quantitative estimate of drug-likeness (QED) is 0.773. The number of hydrogen-bond donors (Lipinski definition) is 1. The number of aromatic nitrogens is 1. The Kier molecular flexibility index (Phi) is 2.81. The maximum Gasteiger partial charge on any atom is 0.525 e. The Morgan fingerprint density at radius 3 is 2.60 bits per heavy atom. The summed E-state index contributed by atoms with van der Waals surface area (Å²) in [5.74, 6) is -0.569. The highest BCUT2D eigenvalue weighted by Gasteiger charge is 2.37. The summed E-state index contributed by atoms with van der Waals surface area (Å²) in [7, 11) is 0. The van der Waals surface area contributed by atoms with Gasteiger partial charge in [0.1, 0.15) is 11.6 Å². The van der Waals surface area contributed by atoms with Crippen LogP contribution in [-0.2, 0) is 4.74 Å². The van der Waals surface area contributed by atoms with Crippen molar-refractivity contribution in [1.29, 1.82) is 5.26 Å². The topological polar surface area (TPSA) is 85.1 Å². The number of halogens is 4. The molecule has 1 rings (SSSR count). The van der Waals surface area contributed by atoms with E-state index in [1.165, 1.54) is 6.07 Å². The van der Waals surface area contributed by atoms with Crippen LogP contribution in [0, 0.1) is 11.3 Å². The largest absolute Gasteiger partial charge is 0.525 e. The summed E-state index contributed by atoms with van der Waals surface area (Å²) in [6, 6.07) is 1.34. The Morgan fingerprint density at radius 1 is 1.53 bits per heavy atom. The first kappa shape index (κ1) is 11.3. The van der Waals surface area contributed by atoms with E-state index in [4.69, 9.17) is 11.0 Å². The van der Waals surface area contributed by atoms with Crippen LogP contribution in [0.3, 0.4) is 0 Å². The predicted octanol–water partition coefficient (Wildman–Crippen LogP) is 1.63. The summed E-state index contributed by atoms with van der Waals surface area (Å²) in [5.41, 5.74) is 3.44. The average molecular weight is 225 g/mol. The van der Waals surface area contributed by atoms with Gasteiger partial charge in [-0.1, -0.05) is 5.16 Å². The average Bonchev–Trinajstić information content (AvgIpc) is 2.43. The van der Waals surface area contributed by atoms with E-state index in [2.05, 4.69) is 14.4 Å². The molecule has 0 fully saturated rings. The molecule has 0 aliphatic heterocycles. The normalized spacial score (nSPS) is 13.5. The molecule has 0 saturated carbocycles. The highest BCUT2D eigenvalue weighted by Crippen LogP contribution is 2.31. The molecule has 9 heteroatoms. The van der Waals surface area contributed by atoms with E-state index in [0.29, 0.717) is 0 Å². The number of nitrogens with zero attached hydrogens (tertiary/aromatic N) is 2. The van der Waals surface area contributed by atoms with E-state index in [9.17, 15) is 17.6 Å². The van der Waals surface area contributed by atoms with E-state index in [1.54, 1.807) is 0 Å². The Morgan fingerprint density at radius 2 is 2.13 bits per heavy atom. The van der Waals surface area contributed by atoms with Crippen molar-refractivity contribution < 1.29 is 26.8 Å². The third-order valence-corrected chi connectivity index (χ3v) is 1.31. The third-order valence-electron chi connectivity index (χ3n) is 1.31. The Labute approximate surface area is 80.0 Å². The smallest absolute Gasteiger partial charge is 0.366 e. The number of anilines is 1. The molecular weight excluding hydrogens is 222 g/mol. The summed E-state index contributed by atoms with van der Waals surface area (Å²) in [5, 5.41) is 11.3. The van der Waals surface area contributed by atoms with Gasteiger partial charge in [0, 0.05) is 0 Å². The lowest BCUT2D eigenvalue weighted by Crippen LogP contribution is -2.16. The molecular formula is C6H3F4N3O2. The fraction of sp³-hybridized carbons (Fsp3) is 0.333. The summed E-state index contributed by atoms with van der Waals surface area (Å²) >= 11 is 0. The fourth-order valence-electron chi connectivity index (χ4n) is 0.756. The van der Waals surface area contributed by atoms with Crippen LogP contribution in [0.25, 0.3) is 0 Å². The molecule has 0 bridgehead atoms. The van der Waals surface area contributed by atoms with Crippen molar-refractivity contribution >= 4 is 5.88 Å². The molecule has 1 aromatic rings. The van der Waals surface area contributed by atoms with Gasteiger partial charge in [0.05, 0.1) is 0 Å². The first-order chi connectivity index (χ1) is 6.85. The van der Waals surface area contributed by atoms with Crippen molar-refractivity contribution in [2.24, 2.45) is 0 Å². The highest BCUT2D eigenvalue weighted by molar-refractivity contribution is 5.48. The van der Waals surface area contributed by atoms with E-state index >= 15 is 0 Å². The minimum atomic E-state index is -5.18. The van der Waals surface area contributed by atoms with Crippen molar-refractivity contribution in [3.8, 4) is 6.07 Å². The Bertz CT molecular complexity index is 394. The molecule has 0 saturated heterocycles. The number of hydrogen-bond acceptors (Lipinski definition) is 5. The van der Waals surface area contributed by atoms with Crippen molar-refractivity contribution in [2.75, 3.05) is 5.73 Å². The van der Waals surface area contributed by atoms with Crippen LogP contribution < -0.4 is 5.73 Å². The molecule has 15 heavy (non-hydrogen) atoms. The van der Waals surface area contributed by atoms with Gasteiger partial charge < -0.3 is 10.3 Å². The van der Waals surface area contributed by atoms with Gasteiger partial charge in [-0.15, -0.1) is 13.2 Å². The van der Waals surface area contributed by atoms with E-state index < -0.39 is 29.9 Å². The first-order valence-electron chi connectivity index (χ1n) is 3.39. The molecule has 5 nitrogen and oxygen atoms in total. The Balaban J connectivity index is 2.93. The fourth-order valence-corrected chi connectivity index (χ4v) is 0.756. The van der Waals surface area contributed by atoms with Crippen LogP contribution >= 0.6 is 0 Å². The van der Waals surface area contributed by atoms with Crippen molar-refractivity contribution in [3.05, 3.63) is 11.3 Å². The molecule has 0 amide bonds. The monoisotopic (exact) mass is 225 g/mol. The van der Waals surface area contributed by atoms with Gasteiger partial charge in [0.15, 0.2) is 5.69 Å². The maximum atomic E-state index is 12.8. The molecule has 82 valence electrons. The number of alkyl halides is 4. The minimum Gasteiger partial charge on any atom is -0.366 e. The molecule has 1 unspecified atom stereocenters. The molecule has 2 N–H and O–H groups in total. The minimum absolute atomic E-state index is 0.569. The zero-order chi connectivity index (χ0) is 11.6. The second kappa shape index (κ2) is 3.74. The molecule has 1 atom stereocenters. The first-order valence-corrected chi connectivity index (χ1v) is 3.39. The summed E-state index contributed by atoms with van der Waals surface area (Å²) < 4.78 is 54.7. The van der Waals surface area contributed by atoms with Crippen LogP contribution in [0.1, 0.15) is 17.6 Å². The Hall–Kier alpha value is -1.82. The van der Waals surface area contributed by atoms with Gasteiger partial charge in [0.25, 0.3) is 6.36 Å². The van der Waals surface area contributed by atoms with Crippen LogP contribution in [0.15, 0.2) is 4.52 Å². The highest BCUT2D eigenvalue weighted by atomic mass is 19.4. The summed E-state index contributed by atoms with van der Waals surface area (Å²) in [6.45, 7) is 0. The number of nitrogens with two attached hydrogens (primary N) is 1. The molecule has 1 aromatic heterocycles. The SMILES string of the molecule is N#Cc1c(C(F)OC(F)(F)F)noc1N. The molecule has 0 spiro atoms. The van der Waals surface area contributed by atoms with Crippen LogP contribution in [0.4, 0.5) is 23.4 Å². The van der Waals surface area contributed by atoms with Gasteiger partial charge in [-0.25, -0.2) is 4.39 Å². The van der Waals surface area contributed by atoms with Crippen LogP contribution in [0.2, 0.25) is 0 Å². The van der Waals surface area contributed by atoms with E-state index in [1.807, 2.05) is 0 Å². The molecule has 0 aromatic carbocycles. The molecule has 0 radical (unpaired) electrons. The van der Waals surface area contributed by atoms with E-state index in [-0.39, 0.29) is 0 Å². The summed E-state index contributed by atoms with van der Waals surface area (Å²) in [6.07, 6.45) is -8.12. The third kappa shape index (κ3) is 2.57. The van der Waals surface area contributed by atoms with Gasteiger partial charge in [-0.3, -0.25) is 4.74 Å². The zero-order valence-electron chi connectivity index (χ0n) is 6.88. The van der Waals surface area contributed by atoms with Crippen molar-refractivity contribution in [1.82, 2.24) is 5.16 Å². The van der Waals surface area contributed by atoms with E-state index in [0.717, 1.165) is 0 Å². The maximum absolute atomic E-state index is 12.8. The van der Waals surface area contributed by atoms with Crippen LogP contribution in [-0.4, -0.2) is 11.5 Å². The molecule has 0 aliphatic rings. The van der Waals surface area contributed by atoms with Crippen molar-refractivity contribution in [2.45, 2.75) is 12.7 Å². The van der Waals surface area contributed by atoms with Gasteiger partial charge >= 0.3 is 6.36 Å². The standard InChI is InChI=1S/C6H3F4N3O2/c7-4(14-6(8,9)10)3-2(1-11)5(12)15-13-3/h4H,12H2. The number of nitrogen functional groups attached to an aromatic ring is 1. The number of rotatable bonds is 2. The van der Waals surface area contributed by atoms with Gasteiger partial charge in [-0.05, 0) is 0 Å². The lowest BCUT2D eigenvalue weighted by Gasteiger charge is -2.09. The van der Waals surface area contributed by atoms with Gasteiger partial charge in [0.2, 0.25) is 5.88 Å². The lowest BCUT2D eigenvalue weighted by molar-refractivity contribution is -0.363.